The van der Waals surface area contributed by atoms with E-state index < -0.39 is 6.29 Å². The third kappa shape index (κ3) is 4.10. The van der Waals surface area contributed by atoms with Gasteiger partial charge in [-0.05, 0) is 25.8 Å². The summed E-state index contributed by atoms with van der Waals surface area (Å²) in [6, 6.07) is 5.02. The first-order chi connectivity index (χ1) is 8.71. The Labute approximate surface area is 108 Å². The van der Waals surface area contributed by atoms with Crippen molar-refractivity contribution < 1.29 is 9.47 Å². The maximum Gasteiger partial charge on any atom is 0.222 e. The van der Waals surface area contributed by atoms with Crippen LogP contribution in [-0.4, -0.2) is 19.5 Å². The summed E-state index contributed by atoms with van der Waals surface area (Å²) in [4.78, 5) is 3.30. The van der Waals surface area contributed by atoms with E-state index in [4.69, 9.17) is 21.8 Å². The number of anilines is 1. The summed E-state index contributed by atoms with van der Waals surface area (Å²) in [6.45, 7) is 11.7. The Bertz CT molecular complexity index is 489. The number of hydrogen-bond donors (Lipinski definition) is 1. The molecule has 1 aromatic rings. The molecule has 94 valence electrons. The molecule has 0 bridgehead atoms. The zero-order valence-corrected chi connectivity index (χ0v) is 10.6. The third-order valence-corrected chi connectivity index (χ3v) is 2.13. The molecule has 0 heterocycles. The van der Waals surface area contributed by atoms with Gasteiger partial charge < -0.3 is 15.2 Å². The first kappa shape index (κ1) is 14.1. The minimum Gasteiger partial charge on any atom is -0.399 e. The van der Waals surface area contributed by atoms with Crippen molar-refractivity contribution >= 4 is 11.4 Å². The van der Waals surface area contributed by atoms with Gasteiger partial charge in [-0.25, -0.2) is 4.85 Å². The third-order valence-electron chi connectivity index (χ3n) is 2.13. The van der Waals surface area contributed by atoms with Crippen molar-refractivity contribution in [2.24, 2.45) is 0 Å². The van der Waals surface area contributed by atoms with Crippen LogP contribution in [0.4, 0.5) is 11.4 Å². The van der Waals surface area contributed by atoms with Gasteiger partial charge in [-0.1, -0.05) is 18.1 Å². The van der Waals surface area contributed by atoms with Crippen LogP contribution in [-0.2, 0) is 9.47 Å². The molecule has 0 unspecified atom stereocenters. The fourth-order valence-corrected chi connectivity index (χ4v) is 1.30. The predicted octanol–water partition coefficient (Wildman–Crippen LogP) is 2.57. The Morgan fingerprint density at radius 1 is 1.33 bits per heavy atom. The normalized spacial score (nSPS) is 9.67. The van der Waals surface area contributed by atoms with Gasteiger partial charge in [0.15, 0.2) is 5.69 Å². The molecule has 0 spiro atoms. The monoisotopic (exact) mass is 244 g/mol. The standard InChI is InChI=1S/C14H16N2O2/c1-4-17-14(18-5-2)9-7-11-6-8-12(16-3)10-13(11)15/h6,8,10,14H,4-5,15H2,1-2H3. The number of nitrogens with zero attached hydrogens (tertiary/aromatic N) is 1. The van der Waals surface area contributed by atoms with Crippen LogP contribution in [0.5, 0.6) is 0 Å². The average Bonchev–Trinajstić information content (AvgIpc) is 2.37. The Balaban J connectivity index is 2.86. The Kier molecular flexibility index (Phi) is 5.73. The molecular weight excluding hydrogens is 228 g/mol. The molecule has 0 amide bonds. The van der Waals surface area contributed by atoms with Crippen LogP contribution >= 0.6 is 0 Å². The second-order valence-electron chi connectivity index (χ2n) is 3.40. The van der Waals surface area contributed by atoms with Gasteiger partial charge in [-0.15, -0.1) is 0 Å². The number of benzene rings is 1. The Morgan fingerprint density at radius 3 is 2.50 bits per heavy atom. The van der Waals surface area contributed by atoms with E-state index in [9.17, 15) is 0 Å². The van der Waals surface area contributed by atoms with Crippen molar-refractivity contribution in [3.63, 3.8) is 0 Å². The molecule has 0 saturated heterocycles. The van der Waals surface area contributed by atoms with Gasteiger partial charge in [-0.3, -0.25) is 0 Å². The lowest BCUT2D eigenvalue weighted by Gasteiger charge is -2.09. The molecule has 0 aliphatic carbocycles. The SMILES string of the molecule is [C-]#[N+]c1ccc(C#CC(OCC)OCC)c(N)c1. The van der Waals surface area contributed by atoms with E-state index in [1.165, 1.54) is 0 Å². The Morgan fingerprint density at radius 2 is 2.00 bits per heavy atom. The zero-order chi connectivity index (χ0) is 13.4. The van der Waals surface area contributed by atoms with Crippen LogP contribution in [0.2, 0.25) is 0 Å². The summed E-state index contributed by atoms with van der Waals surface area (Å²) < 4.78 is 10.6. The largest absolute Gasteiger partial charge is 0.399 e. The number of rotatable bonds is 4. The number of hydrogen-bond acceptors (Lipinski definition) is 3. The maximum absolute atomic E-state index is 6.88. The van der Waals surface area contributed by atoms with Crippen LogP contribution < -0.4 is 5.73 Å². The van der Waals surface area contributed by atoms with Crippen molar-refractivity contribution in [2.75, 3.05) is 18.9 Å². The van der Waals surface area contributed by atoms with E-state index in [0.717, 1.165) is 0 Å². The minimum absolute atomic E-state index is 0.489. The van der Waals surface area contributed by atoms with E-state index in [1.54, 1.807) is 18.2 Å². The highest BCUT2D eigenvalue weighted by Crippen LogP contribution is 2.19. The quantitative estimate of drug-likeness (QED) is 0.383. The van der Waals surface area contributed by atoms with Gasteiger partial charge in [0.2, 0.25) is 6.29 Å². The van der Waals surface area contributed by atoms with Crippen LogP contribution in [0.25, 0.3) is 4.85 Å². The maximum atomic E-state index is 6.88. The molecule has 0 atom stereocenters. The molecule has 18 heavy (non-hydrogen) atoms. The highest BCUT2D eigenvalue weighted by molar-refractivity contribution is 5.64. The second kappa shape index (κ2) is 7.34. The van der Waals surface area contributed by atoms with Crippen LogP contribution in [0.1, 0.15) is 19.4 Å². The topological polar surface area (TPSA) is 48.8 Å². The smallest absolute Gasteiger partial charge is 0.222 e. The van der Waals surface area contributed by atoms with E-state index in [1.807, 2.05) is 13.8 Å². The zero-order valence-electron chi connectivity index (χ0n) is 10.6. The highest BCUT2D eigenvalue weighted by Gasteiger charge is 2.03. The average molecular weight is 244 g/mol. The number of nitrogens with two attached hydrogens (primary N) is 1. The fraction of sp³-hybridized carbons (Fsp3) is 0.357. The van der Waals surface area contributed by atoms with Gasteiger partial charge in [0.05, 0.1) is 6.57 Å². The molecule has 4 heteroatoms. The van der Waals surface area contributed by atoms with Gasteiger partial charge >= 0.3 is 0 Å². The summed E-state index contributed by atoms with van der Waals surface area (Å²) in [5, 5.41) is 0. The summed E-state index contributed by atoms with van der Waals surface area (Å²) >= 11 is 0. The second-order valence-corrected chi connectivity index (χ2v) is 3.40. The van der Waals surface area contributed by atoms with E-state index in [0.29, 0.717) is 30.2 Å². The summed E-state index contributed by atoms with van der Waals surface area (Å²) in [5.74, 6) is 5.77. The lowest BCUT2D eigenvalue weighted by Crippen LogP contribution is -2.14. The Hall–Kier alpha value is -2.01. The van der Waals surface area contributed by atoms with Crippen molar-refractivity contribution in [3.8, 4) is 11.8 Å². The van der Waals surface area contributed by atoms with Crippen molar-refractivity contribution in [1.29, 1.82) is 0 Å². The lowest BCUT2D eigenvalue weighted by atomic mass is 10.1. The molecule has 0 aliphatic heterocycles. The number of nitrogen functional groups attached to an aromatic ring is 1. The number of ether oxygens (including phenoxy) is 2. The van der Waals surface area contributed by atoms with Gasteiger partial charge in [0, 0.05) is 24.5 Å². The molecular formula is C14H16N2O2. The summed E-state index contributed by atoms with van der Waals surface area (Å²) in [5.41, 5.74) is 7.47. The van der Waals surface area contributed by atoms with Crippen LogP contribution in [0, 0.1) is 18.4 Å². The van der Waals surface area contributed by atoms with Gasteiger partial charge in [0.25, 0.3) is 0 Å². The molecule has 1 aromatic carbocycles. The minimum atomic E-state index is -0.542. The van der Waals surface area contributed by atoms with Crippen molar-refractivity contribution in [3.05, 3.63) is 35.2 Å². The summed E-state index contributed by atoms with van der Waals surface area (Å²) in [7, 11) is 0. The molecule has 0 fully saturated rings. The van der Waals surface area contributed by atoms with E-state index in [-0.39, 0.29) is 0 Å². The van der Waals surface area contributed by atoms with Gasteiger partial charge in [0.1, 0.15) is 0 Å². The van der Waals surface area contributed by atoms with Gasteiger partial charge in [-0.2, -0.15) is 0 Å². The highest BCUT2D eigenvalue weighted by atomic mass is 16.7. The first-order valence-electron chi connectivity index (χ1n) is 5.73. The molecule has 0 saturated carbocycles. The molecule has 0 radical (unpaired) electrons. The molecule has 2 N–H and O–H groups in total. The lowest BCUT2D eigenvalue weighted by molar-refractivity contribution is -0.0969. The molecule has 1 rings (SSSR count). The van der Waals surface area contributed by atoms with Crippen LogP contribution in [0.15, 0.2) is 18.2 Å². The molecule has 0 aromatic heterocycles. The summed E-state index contributed by atoms with van der Waals surface area (Å²) in [6.07, 6.45) is -0.542. The van der Waals surface area contributed by atoms with E-state index >= 15 is 0 Å². The van der Waals surface area contributed by atoms with Crippen molar-refractivity contribution in [2.45, 2.75) is 20.1 Å². The van der Waals surface area contributed by atoms with Crippen molar-refractivity contribution in [1.82, 2.24) is 0 Å². The first-order valence-corrected chi connectivity index (χ1v) is 5.73. The van der Waals surface area contributed by atoms with E-state index in [2.05, 4.69) is 16.7 Å². The molecule has 0 aliphatic rings. The molecule has 4 nitrogen and oxygen atoms in total. The fourth-order valence-electron chi connectivity index (χ4n) is 1.30. The van der Waals surface area contributed by atoms with Crippen LogP contribution in [0.3, 0.4) is 0 Å². The predicted molar refractivity (Wildman–Crippen MR) is 71.0 cm³/mol.